The molecule has 0 saturated carbocycles. The molecule has 0 unspecified atom stereocenters. The fourth-order valence-corrected chi connectivity index (χ4v) is 12.3. The number of fused-ring (bicyclic) bond motifs is 12. The Morgan fingerprint density at radius 3 is 0.539 bits per heavy atom. The summed E-state index contributed by atoms with van der Waals surface area (Å²) >= 11 is 0. The second-order valence-electron chi connectivity index (χ2n) is 19.9. The second-order valence-corrected chi connectivity index (χ2v) is 19.9. The minimum absolute atomic E-state index is 0.288. The van der Waals surface area contributed by atoms with Crippen LogP contribution in [0.25, 0.3) is 43.1 Å². The van der Waals surface area contributed by atoms with Crippen molar-refractivity contribution >= 4 is 43.1 Å². The van der Waals surface area contributed by atoms with Gasteiger partial charge in [0.2, 0.25) is 0 Å². The summed E-state index contributed by atoms with van der Waals surface area (Å²) in [6.07, 6.45) is 0. The zero-order chi connectivity index (χ0) is 51.9. The minimum atomic E-state index is -0.997. The topological polar surface area (TPSA) is 162 Å². The Morgan fingerprint density at radius 1 is 0.171 bits per heavy atom. The minimum Gasteiger partial charge on any atom is -0.507 e. The van der Waals surface area contributed by atoms with Crippen LogP contribution in [0.15, 0.2) is 218 Å². The molecule has 12 aromatic rings. The molecule has 1 aliphatic rings. The molecule has 8 heteroatoms. The molecule has 12 aromatic carbocycles. The van der Waals surface area contributed by atoms with Crippen LogP contribution in [0, 0.1) is 0 Å². The molecule has 0 atom stereocenters. The van der Waals surface area contributed by atoms with E-state index in [9.17, 15) is 40.9 Å². The van der Waals surface area contributed by atoms with Gasteiger partial charge in [-0.2, -0.15) is 0 Å². The van der Waals surface area contributed by atoms with Crippen molar-refractivity contribution in [3.05, 3.63) is 285 Å². The second kappa shape index (κ2) is 17.9. The van der Waals surface area contributed by atoms with E-state index < -0.39 is 23.7 Å². The molecule has 1 aliphatic carbocycles. The maximum atomic E-state index is 12.5. The molecule has 8 bridgehead atoms. The number of hydrogen-bond donors (Lipinski definition) is 8. The molecule has 0 heterocycles. The molecule has 0 spiro atoms. The lowest BCUT2D eigenvalue weighted by atomic mass is 9.73. The summed E-state index contributed by atoms with van der Waals surface area (Å²) in [6, 6.07) is 66.5. The van der Waals surface area contributed by atoms with Gasteiger partial charge in [-0.25, -0.2) is 0 Å². The fourth-order valence-electron chi connectivity index (χ4n) is 12.3. The highest BCUT2D eigenvalue weighted by Crippen LogP contribution is 2.55. The lowest BCUT2D eigenvalue weighted by Gasteiger charge is -2.30. The summed E-state index contributed by atoms with van der Waals surface area (Å²) in [7, 11) is 0. The van der Waals surface area contributed by atoms with Gasteiger partial charge in [-0.1, -0.05) is 170 Å². The molecule has 0 radical (unpaired) electrons. The van der Waals surface area contributed by atoms with Crippen molar-refractivity contribution < 1.29 is 40.9 Å². The van der Waals surface area contributed by atoms with Gasteiger partial charge in [0.25, 0.3) is 0 Å². The van der Waals surface area contributed by atoms with Gasteiger partial charge < -0.3 is 40.9 Å². The van der Waals surface area contributed by atoms with Crippen LogP contribution in [-0.4, -0.2) is 40.9 Å². The standard InChI is InChI=1S/C68H48O8/c69-57-33-59(71)51-29-49(57)65(45-25-9-17-37-13-1-5-21-41(37)45)50-30-52(60(72)34-58(50)70)67(47-27-11-19-39-15-3-7-23-43(39)47)54-32-56(64(76)36-62(54)74)68(48-28-12-20-40-16-4-8-24-44(40)48)55-31-53(61(73)35-63(55)75)66(51)46-26-10-18-38-14-2-6-22-42(38)46/h1-36,65-76H. The van der Waals surface area contributed by atoms with E-state index in [0.29, 0.717) is 22.3 Å². The lowest BCUT2D eigenvalue weighted by molar-refractivity contribution is 0.431. The number of hydrogen-bond acceptors (Lipinski definition) is 8. The van der Waals surface area contributed by atoms with Crippen molar-refractivity contribution in [3.63, 3.8) is 0 Å². The number of rotatable bonds is 4. The van der Waals surface area contributed by atoms with Gasteiger partial charge in [-0.3, -0.25) is 0 Å². The van der Waals surface area contributed by atoms with Crippen LogP contribution >= 0.6 is 0 Å². The normalized spacial score (nSPS) is 16.3. The molecule has 368 valence electrons. The van der Waals surface area contributed by atoms with E-state index in [4.69, 9.17) is 0 Å². The van der Waals surface area contributed by atoms with Crippen molar-refractivity contribution in [3.8, 4) is 46.0 Å². The van der Waals surface area contributed by atoms with Crippen LogP contribution in [0.4, 0.5) is 0 Å². The van der Waals surface area contributed by atoms with Crippen LogP contribution in [0.5, 0.6) is 46.0 Å². The molecule has 0 fully saturated rings. The van der Waals surface area contributed by atoms with E-state index in [1.807, 2.05) is 170 Å². The lowest BCUT2D eigenvalue weighted by Crippen LogP contribution is -2.13. The van der Waals surface area contributed by atoms with Crippen LogP contribution in [-0.2, 0) is 0 Å². The third-order valence-electron chi connectivity index (χ3n) is 15.7. The summed E-state index contributed by atoms with van der Waals surface area (Å²) in [6.45, 7) is 0. The number of phenolic OH excluding ortho intramolecular Hbond substituents is 8. The summed E-state index contributed by atoms with van der Waals surface area (Å²) in [4.78, 5) is 0. The predicted molar refractivity (Wildman–Crippen MR) is 299 cm³/mol. The van der Waals surface area contributed by atoms with Crippen molar-refractivity contribution in [2.45, 2.75) is 23.7 Å². The molecule has 13 rings (SSSR count). The Bertz CT molecular complexity index is 3650. The summed E-state index contributed by atoms with van der Waals surface area (Å²) in [5.74, 6) is -6.29. The Hall–Kier alpha value is -9.92. The largest absolute Gasteiger partial charge is 0.507 e. The monoisotopic (exact) mass is 992 g/mol. The van der Waals surface area contributed by atoms with E-state index in [1.165, 1.54) is 24.3 Å². The van der Waals surface area contributed by atoms with Gasteiger partial charge in [0.15, 0.2) is 0 Å². The van der Waals surface area contributed by atoms with E-state index in [-0.39, 0.29) is 90.5 Å². The third kappa shape index (κ3) is 7.36. The molecule has 76 heavy (non-hydrogen) atoms. The van der Waals surface area contributed by atoms with Gasteiger partial charge in [-0.15, -0.1) is 0 Å². The molecule has 0 aliphatic heterocycles. The van der Waals surface area contributed by atoms with E-state index in [0.717, 1.165) is 43.1 Å². The first-order valence-electron chi connectivity index (χ1n) is 25.2. The predicted octanol–water partition coefficient (Wildman–Crippen LogP) is 15.0. The highest BCUT2D eigenvalue weighted by Gasteiger charge is 2.36. The highest BCUT2D eigenvalue weighted by molar-refractivity contribution is 5.91. The first-order valence-corrected chi connectivity index (χ1v) is 25.2. The van der Waals surface area contributed by atoms with Gasteiger partial charge >= 0.3 is 0 Å². The summed E-state index contributed by atoms with van der Waals surface area (Å²) < 4.78 is 0. The van der Waals surface area contributed by atoms with Crippen LogP contribution in [0.1, 0.15) is 90.4 Å². The Morgan fingerprint density at radius 2 is 0.342 bits per heavy atom. The van der Waals surface area contributed by atoms with Crippen LogP contribution < -0.4 is 0 Å². The zero-order valence-electron chi connectivity index (χ0n) is 40.7. The first kappa shape index (κ1) is 45.9. The SMILES string of the molecule is Oc1cc(O)c2cc1C(c1cccc3ccccc13)c1cc(c(O)cc1O)C(c1cccc3ccccc13)c1cc(c(O)cc1O)C(c1cccc3ccccc13)c1cc(c(O)cc1O)C2c1cccc2ccccc12. The maximum Gasteiger partial charge on any atom is 0.123 e. The third-order valence-corrected chi connectivity index (χ3v) is 15.7. The molecule has 0 amide bonds. The first-order chi connectivity index (χ1) is 37.0. The van der Waals surface area contributed by atoms with Crippen molar-refractivity contribution in [1.82, 2.24) is 0 Å². The fraction of sp³-hybridized carbons (Fsp3) is 0.0588. The summed E-state index contributed by atoms with van der Waals surface area (Å²) in [5.41, 5.74) is 5.05. The maximum absolute atomic E-state index is 12.5. The van der Waals surface area contributed by atoms with Gasteiger partial charge in [-0.05, 0) is 89.6 Å². The average molecular weight is 993 g/mol. The van der Waals surface area contributed by atoms with Crippen molar-refractivity contribution in [1.29, 1.82) is 0 Å². The van der Waals surface area contributed by atoms with Crippen molar-refractivity contribution in [2.24, 2.45) is 0 Å². The number of phenols is 8. The van der Waals surface area contributed by atoms with E-state index >= 15 is 0 Å². The molecular formula is C68H48O8. The van der Waals surface area contributed by atoms with Gasteiger partial charge in [0, 0.05) is 92.4 Å². The van der Waals surface area contributed by atoms with Crippen LogP contribution in [0.3, 0.4) is 0 Å². The summed E-state index contributed by atoms with van der Waals surface area (Å²) in [5, 5.41) is 107. The quantitative estimate of drug-likeness (QED) is 0.0864. The Kier molecular flexibility index (Phi) is 10.8. The van der Waals surface area contributed by atoms with E-state index in [1.54, 1.807) is 24.3 Å². The number of aromatic hydroxyl groups is 8. The van der Waals surface area contributed by atoms with Gasteiger partial charge in [0.05, 0.1) is 0 Å². The van der Waals surface area contributed by atoms with E-state index in [2.05, 4.69) is 0 Å². The van der Waals surface area contributed by atoms with Crippen molar-refractivity contribution in [2.75, 3.05) is 0 Å². The highest BCUT2D eigenvalue weighted by atomic mass is 16.3. The molecular weight excluding hydrogens is 945 g/mol. The zero-order valence-corrected chi connectivity index (χ0v) is 40.7. The smallest absolute Gasteiger partial charge is 0.123 e. The van der Waals surface area contributed by atoms with Crippen LogP contribution in [0.2, 0.25) is 0 Å². The molecule has 0 saturated heterocycles. The Labute approximate surface area is 436 Å². The molecule has 0 aromatic heterocycles. The Balaban J connectivity index is 1.23. The molecule has 8 nitrogen and oxygen atoms in total. The molecule has 8 N–H and O–H groups in total. The van der Waals surface area contributed by atoms with Gasteiger partial charge in [0.1, 0.15) is 46.0 Å². The average Bonchev–Trinajstić information content (AvgIpc) is 3.43. The number of benzene rings is 12.